The Kier molecular flexibility index (Phi) is 3.98. The standard InChI is InChI=1S/C11H13N5O2/c17-5-1-2-11(18)15-9-3-4-10(13-6-9)16-8-12-7-14-16/h3-4,6-8,17H,1-2,5H2,(H,15,18). The molecule has 0 aliphatic rings. The van der Waals surface area contributed by atoms with Gasteiger partial charge in [-0.25, -0.2) is 14.6 Å². The van der Waals surface area contributed by atoms with Gasteiger partial charge in [0.1, 0.15) is 12.7 Å². The van der Waals surface area contributed by atoms with Crippen LogP contribution >= 0.6 is 0 Å². The molecule has 2 aromatic rings. The van der Waals surface area contributed by atoms with Gasteiger partial charge in [0.25, 0.3) is 0 Å². The number of aromatic nitrogens is 4. The monoisotopic (exact) mass is 247 g/mol. The molecule has 0 aromatic carbocycles. The Morgan fingerprint density at radius 2 is 2.33 bits per heavy atom. The molecule has 0 fully saturated rings. The van der Waals surface area contributed by atoms with E-state index in [1.165, 1.54) is 11.0 Å². The predicted octanol–water partition coefficient (Wildman–Crippen LogP) is 0.373. The van der Waals surface area contributed by atoms with Crippen molar-refractivity contribution in [1.82, 2.24) is 19.7 Å². The van der Waals surface area contributed by atoms with Crippen LogP contribution in [0.5, 0.6) is 0 Å². The van der Waals surface area contributed by atoms with Gasteiger partial charge in [-0.05, 0) is 18.6 Å². The number of aliphatic hydroxyl groups excluding tert-OH is 1. The van der Waals surface area contributed by atoms with Gasteiger partial charge >= 0.3 is 0 Å². The number of hydrogen-bond acceptors (Lipinski definition) is 5. The first kappa shape index (κ1) is 12.2. The highest BCUT2D eigenvalue weighted by Crippen LogP contribution is 2.09. The fraction of sp³-hybridized carbons (Fsp3) is 0.273. The van der Waals surface area contributed by atoms with Crippen molar-refractivity contribution in [1.29, 1.82) is 0 Å². The van der Waals surface area contributed by atoms with Crippen molar-refractivity contribution in [2.24, 2.45) is 0 Å². The first-order valence-electron chi connectivity index (χ1n) is 5.51. The molecule has 2 aromatic heterocycles. The van der Waals surface area contributed by atoms with Crippen LogP contribution < -0.4 is 5.32 Å². The van der Waals surface area contributed by atoms with Crippen LogP contribution in [0, 0.1) is 0 Å². The van der Waals surface area contributed by atoms with Gasteiger partial charge in [0.15, 0.2) is 5.82 Å². The zero-order valence-electron chi connectivity index (χ0n) is 9.65. The zero-order valence-corrected chi connectivity index (χ0v) is 9.65. The summed E-state index contributed by atoms with van der Waals surface area (Å²) in [5.41, 5.74) is 0.613. The first-order chi connectivity index (χ1) is 8.79. The van der Waals surface area contributed by atoms with E-state index in [0.29, 0.717) is 24.3 Å². The van der Waals surface area contributed by atoms with Crippen molar-refractivity contribution >= 4 is 11.6 Å². The van der Waals surface area contributed by atoms with Crippen molar-refractivity contribution in [2.45, 2.75) is 12.8 Å². The molecule has 2 rings (SSSR count). The third-order valence-corrected chi connectivity index (χ3v) is 2.25. The highest BCUT2D eigenvalue weighted by molar-refractivity contribution is 5.90. The van der Waals surface area contributed by atoms with Gasteiger partial charge in [0.05, 0.1) is 11.9 Å². The summed E-state index contributed by atoms with van der Waals surface area (Å²) in [5, 5.41) is 15.3. The van der Waals surface area contributed by atoms with E-state index in [2.05, 4.69) is 20.4 Å². The van der Waals surface area contributed by atoms with Gasteiger partial charge in [-0.15, -0.1) is 0 Å². The maximum atomic E-state index is 11.4. The quantitative estimate of drug-likeness (QED) is 0.796. The number of rotatable bonds is 5. The van der Waals surface area contributed by atoms with Crippen LogP contribution in [0.2, 0.25) is 0 Å². The molecule has 0 radical (unpaired) electrons. The van der Waals surface area contributed by atoms with Crippen molar-refractivity contribution in [2.75, 3.05) is 11.9 Å². The fourth-order valence-corrected chi connectivity index (χ4v) is 1.39. The number of pyridine rings is 1. The number of amides is 1. The molecule has 0 atom stereocenters. The Morgan fingerprint density at radius 1 is 1.44 bits per heavy atom. The van der Waals surface area contributed by atoms with E-state index in [-0.39, 0.29) is 12.5 Å². The van der Waals surface area contributed by atoms with Crippen LogP contribution in [0.3, 0.4) is 0 Å². The van der Waals surface area contributed by atoms with Gasteiger partial charge in [-0.1, -0.05) is 0 Å². The lowest BCUT2D eigenvalue weighted by Gasteiger charge is -2.05. The van der Waals surface area contributed by atoms with Gasteiger partial charge in [-0.3, -0.25) is 4.79 Å². The first-order valence-corrected chi connectivity index (χ1v) is 5.51. The Labute approximate surface area is 104 Å². The molecule has 0 saturated carbocycles. The third kappa shape index (κ3) is 3.11. The van der Waals surface area contributed by atoms with E-state index in [9.17, 15) is 4.79 Å². The highest BCUT2D eigenvalue weighted by Gasteiger charge is 2.03. The van der Waals surface area contributed by atoms with Gasteiger partial charge in [-0.2, -0.15) is 5.10 Å². The maximum absolute atomic E-state index is 11.4. The summed E-state index contributed by atoms with van der Waals surface area (Å²) < 4.78 is 1.53. The molecule has 2 heterocycles. The topological polar surface area (TPSA) is 92.9 Å². The average molecular weight is 247 g/mol. The molecular weight excluding hydrogens is 234 g/mol. The second kappa shape index (κ2) is 5.87. The van der Waals surface area contributed by atoms with E-state index in [1.807, 2.05) is 0 Å². The molecule has 7 nitrogen and oxygen atoms in total. The van der Waals surface area contributed by atoms with Crippen LogP contribution in [-0.4, -0.2) is 37.4 Å². The Hall–Kier alpha value is -2.28. The zero-order chi connectivity index (χ0) is 12.8. The fourth-order valence-electron chi connectivity index (χ4n) is 1.39. The van der Waals surface area contributed by atoms with E-state index in [4.69, 9.17) is 5.11 Å². The molecule has 94 valence electrons. The molecule has 0 bridgehead atoms. The number of aliphatic hydroxyl groups is 1. The van der Waals surface area contributed by atoms with Crippen molar-refractivity contribution < 1.29 is 9.90 Å². The molecule has 0 aliphatic heterocycles. The summed E-state index contributed by atoms with van der Waals surface area (Å²) in [7, 11) is 0. The summed E-state index contributed by atoms with van der Waals surface area (Å²) in [4.78, 5) is 19.4. The normalized spacial score (nSPS) is 10.3. The minimum absolute atomic E-state index is 0.0108. The summed E-state index contributed by atoms with van der Waals surface area (Å²) in [6.07, 6.45) is 5.26. The SMILES string of the molecule is O=C(CCCO)Nc1ccc(-n2cncn2)nc1. The Balaban J connectivity index is 1.98. The number of nitrogens with one attached hydrogen (secondary N) is 1. The molecule has 0 unspecified atom stereocenters. The molecule has 0 saturated heterocycles. The average Bonchev–Trinajstić information content (AvgIpc) is 2.91. The molecule has 0 aliphatic carbocycles. The Morgan fingerprint density at radius 3 is 2.94 bits per heavy atom. The van der Waals surface area contributed by atoms with E-state index in [1.54, 1.807) is 24.7 Å². The van der Waals surface area contributed by atoms with Crippen LogP contribution in [0.1, 0.15) is 12.8 Å². The van der Waals surface area contributed by atoms with Crippen molar-refractivity contribution in [3.63, 3.8) is 0 Å². The molecule has 7 heteroatoms. The molecule has 18 heavy (non-hydrogen) atoms. The number of hydrogen-bond donors (Lipinski definition) is 2. The molecular formula is C11H13N5O2. The summed E-state index contributed by atoms with van der Waals surface area (Å²) in [5.74, 6) is 0.486. The van der Waals surface area contributed by atoms with E-state index < -0.39 is 0 Å². The van der Waals surface area contributed by atoms with Crippen LogP contribution in [0.15, 0.2) is 31.0 Å². The number of anilines is 1. The third-order valence-electron chi connectivity index (χ3n) is 2.25. The van der Waals surface area contributed by atoms with Crippen LogP contribution in [0.4, 0.5) is 5.69 Å². The number of carbonyl (C=O) groups excluding carboxylic acids is 1. The summed E-state index contributed by atoms with van der Waals surface area (Å²) in [6.45, 7) is 0.0108. The second-order valence-corrected chi connectivity index (χ2v) is 3.62. The number of nitrogens with zero attached hydrogens (tertiary/aromatic N) is 4. The lowest BCUT2D eigenvalue weighted by atomic mass is 10.3. The minimum Gasteiger partial charge on any atom is -0.396 e. The molecule has 2 N–H and O–H groups in total. The maximum Gasteiger partial charge on any atom is 0.224 e. The van der Waals surface area contributed by atoms with E-state index >= 15 is 0 Å². The minimum atomic E-state index is -0.139. The van der Waals surface area contributed by atoms with Crippen LogP contribution in [0.25, 0.3) is 5.82 Å². The van der Waals surface area contributed by atoms with Gasteiger partial charge in [0.2, 0.25) is 5.91 Å². The van der Waals surface area contributed by atoms with Gasteiger partial charge in [0, 0.05) is 13.0 Å². The smallest absolute Gasteiger partial charge is 0.224 e. The lowest BCUT2D eigenvalue weighted by Crippen LogP contribution is -2.12. The predicted molar refractivity (Wildman–Crippen MR) is 64.1 cm³/mol. The summed E-state index contributed by atoms with van der Waals surface area (Å²) in [6, 6.07) is 3.47. The van der Waals surface area contributed by atoms with E-state index in [0.717, 1.165) is 0 Å². The lowest BCUT2D eigenvalue weighted by molar-refractivity contribution is -0.116. The van der Waals surface area contributed by atoms with Crippen LogP contribution in [-0.2, 0) is 4.79 Å². The second-order valence-electron chi connectivity index (χ2n) is 3.62. The number of carbonyl (C=O) groups is 1. The molecule has 1 amide bonds. The Bertz CT molecular complexity index is 495. The van der Waals surface area contributed by atoms with Gasteiger partial charge < -0.3 is 10.4 Å². The molecule has 0 spiro atoms. The van der Waals surface area contributed by atoms with Crippen molar-refractivity contribution in [3.05, 3.63) is 31.0 Å². The highest BCUT2D eigenvalue weighted by atomic mass is 16.3. The summed E-state index contributed by atoms with van der Waals surface area (Å²) >= 11 is 0. The largest absolute Gasteiger partial charge is 0.396 e. The van der Waals surface area contributed by atoms with Crippen molar-refractivity contribution in [3.8, 4) is 5.82 Å².